The maximum atomic E-state index is 11.3. The van der Waals surface area contributed by atoms with Gasteiger partial charge in [0.25, 0.3) is 0 Å². The van der Waals surface area contributed by atoms with Gasteiger partial charge in [0.1, 0.15) is 0 Å². The van der Waals surface area contributed by atoms with Crippen molar-refractivity contribution in [3.05, 3.63) is 12.3 Å². The third-order valence-corrected chi connectivity index (χ3v) is 2.98. The molecule has 0 atom stereocenters. The van der Waals surface area contributed by atoms with Crippen LogP contribution in [0, 0.1) is 0 Å². The van der Waals surface area contributed by atoms with Gasteiger partial charge >= 0.3 is 7.82 Å². The van der Waals surface area contributed by atoms with Crippen molar-refractivity contribution in [3.63, 3.8) is 0 Å². The third kappa shape index (κ3) is 6.19. The Bertz CT molecular complexity index is 195. The first-order valence-corrected chi connectivity index (χ1v) is 6.19. The van der Waals surface area contributed by atoms with E-state index in [9.17, 15) is 4.57 Å². The highest BCUT2D eigenvalue weighted by molar-refractivity contribution is 7.48. The molecule has 0 aliphatic rings. The van der Waals surface area contributed by atoms with Crippen molar-refractivity contribution in [2.24, 2.45) is 0 Å². The zero-order valence-corrected chi connectivity index (χ0v) is 9.96. The average Bonchev–Trinajstić information content (AvgIpc) is 2.23. The molecule has 4 nitrogen and oxygen atoms in total. The fourth-order valence-electron chi connectivity index (χ4n) is 0.858. The lowest BCUT2D eigenvalue weighted by Crippen LogP contribution is -1.88. The van der Waals surface area contributed by atoms with E-state index >= 15 is 0 Å². The second-order valence-corrected chi connectivity index (χ2v) is 4.62. The minimum absolute atomic E-state index is 0.918. The normalized spacial score (nSPS) is 12.2. The Labute approximate surface area is 85.9 Å². The maximum absolute atomic E-state index is 11.3. The van der Waals surface area contributed by atoms with Crippen LogP contribution in [0.3, 0.4) is 0 Å². The van der Waals surface area contributed by atoms with Gasteiger partial charge in [-0.05, 0) is 18.9 Å². The predicted octanol–water partition coefficient (Wildman–Crippen LogP) is 3.50. The Hall–Kier alpha value is -0.310. The number of hydrogen-bond acceptors (Lipinski definition) is 4. The fraction of sp³-hybridized carbons (Fsp3) is 0.778. The molecule has 14 heavy (non-hydrogen) atoms. The van der Waals surface area contributed by atoms with Gasteiger partial charge in [-0.3, -0.25) is 9.05 Å². The summed E-state index contributed by atoms with van der Waals surface area (Å²) in [5, 5.41) is 0. The third-order valence-electron chi connectivity index (χ3n) is 1.71. The average molecular weight is 222 g/mol. The Kier molecular flexibility index (Phi) is 7.86. The minimum Gasteiger partial charge on any atom is -0.412 e. The summed E-state index contributed by atoms with van der Waals surface area (Å²) in [6.45, 7) is 2.14. The molecule has 0 N–H and O–H groups in total. The van der Waals surface area contributed by atoms with Gasteiger partial charge in [0, 0.05) is 14.2 Å². The number of phosphoric ester groups is 1. The summed E-state index contributed by atoms with van der Waals surface area (Å²) in [4.78, 5) is 0. The maximum Gasteiger partial charge on any atom is 0.528 e. The molecule has 0 aliphatic heterocycles. The van der Waals surface area contributed by atoms with Crippen LogP contribution < -0.4 is 0 Å². The zero-order valence-electron chi connectivity index (χ0n) is 9.06. The number of hydrogen-bond donors (Lipinski definition) is 0. The molecule has 0 saturated heterocycles. The highest BCUT2D eigenvalue weighted by atomic mass is 31.2. The van der Waals surface area contributed by atoms with Gasteiger partial charge in [-0.1, -0.05) is 19.8 Å². The van der Waals surface area contributed by atoms with E-state index in [4.69, 9.17) is 4.52 Å². The lowest BCUT2D eigenvalue weighted by Gasteiger charge is -2.10. The van der Waals surface area contributed by atoms with Crippen molar-refractivity contribution in [1.82, 2.24) is 0 Å². The van der Waals surface area contributed by atoms with Crippen LogP contribution in [-0.2, 0) is 18.1 Å². The van der Waals surface area contributed by atoms with Crippen molar-refractivity contribution in [2.75, 3.05) is 14.2 Å². The van der Waals surface area contributed by atoms with E-state index in [1.165, 1.54) is 33.3 Å². The molecule has 0 unspecified atom stereocenters. The summed E-state index contributed by atoms with van der Waals surface area (Å²) in [6, 6.07) is 0. The van der Waals surface area contributed by atoms with Crippen LogP contribution in [-0.4, -0.2) is 14.2 Å². The molecule has 0 fully saturated rings. The van der Waals surface area contributed by atoms with Crippen LogP contribution in [0.25, 0.3) is 0 Å². The Balaban J connectivity index is 3.64. The van der Waals surface area contributed by atoms with E-state index < -0.39 is 7.82 Å². The van der Waals surface area contributed by atoms with Crippen molar-refractivity contribution in [3.8, 4) is 0 Å². The molecule has 84 valence electrons. The predicted molar refractivity (Wildman–Crippen MR) is 56.0 cm³/mol. The molecule has 0 spiro atoms. The Morgan fingerprint density at radius 3 is 2.36 bits per heavy atom. The smallest absolute Gasteiger partial charge is 0.412 e. The van der Waals surface area contributed by atoms with Crippen LogP contribution in [0.2, 0.25) is 0 Å². The van der Waals surface area contributed by atoms with Crippen LogP contribution in [0.1, 0.15) is 32.6 Å². The molecule has 0 aromatic rings. The zero-order chi connectivity index (χ0) is 10.9. The van der Waals surface area contributed by atoms with Gasteiger partial charge in [-0.25, -0.2) is 4.57 Å². The Morgan fingerprint density at radius 1 is 1.21 bits per heavy atom. The van der Waals surface area contributed by atoms with E-state index in [-0.39, 0.29) is 0 Å². The van der Waals surface area contributed by atoms with Crippen molar-refractivity contribution >= 4 is 7.82 Å². The van der Waals surface area contributed by atoms with Crippen LogP contribution in [0.15, 0.2) is 12.3 Å². The summed E-state index contributed by atoms with van der Waals surface area (Å²) in [6.07, 6.45) is 7.60. The summed E-state index contributed by atoms with van der Waals surface area (Å²) in [7, 11) is -0.750. The number of allylic oxidation sites excluding steroid dienone is 1. The van der Waals surface area contributed by atoms with E-state index in [2.05, 4.69) is 16.0 Å². The molecule has 0 rings (SSSR count). The lowest BCUT2D eigenvalue weighted by atomic mass is 10.2. The number of rotatable bonds is 8. The first-order valence-electron chi connectivity index (χ1n) is 4.73. The molecule has 0 aromatic heterocycles. The second kappa shape index (κ2) is 8.04. The fourth-order valence-corrected chi connectivity index (χ4v) is 1.41. The molecule has 0 bridgehead atoms. The molecule has 0 radical (unpaired) electrons. The standard InChI is InChI=1S/C9H19O4P/c1-4-5-6-7-8-9-13-14(10,11-2)12-3/h8-9H,4-7H2,1-3H3/b9-8+. The van der Waals surface area contributed by atoms with Gasteiger partial charge in [-0.15, -0.1) is 0 Å². The summed E-state index contributed by atoms with van der Waals surface area (Å²) < 4.78 is 25.3. The van der Waals surface area contributed by atoms with E-state index in [1.807, 2.05) is 6.08 Å². The lowest BCUT2D eigenvalue weighted by molar-refractivity contribution is 0.193. The topological polar surface area (TPSA) is 44.8 Å². The van der Waals surface area contributed by atoms with Gasteiger partial charge in [0.2, 0.25) is 0 Å². The SMILES string of the molecule is CCCCC/C=C/OP(=O)(OC)OC. The second-order valence-electron chi connectivity index (χ2n) is 2.79. The largest absolute Gasteiger partial charge is 0.528 e. The highest BCUT2D eigenvalue weighted by Crippen LogP contribution is 2.47. The molecule has 5 heteroatoms. The monoisotopic (exact) mass is 222 g/mol. The number of unbranched alkanes of at least 4 members (excludes halogenated alkanes) is 3. The van der Waals surface area contributed by atoms with Gasteiger partial charge in [0.15, 0.2) is 0 Å². The van der Waals surface area contributed by atoms with Crippen LogP contribution >= 0.6 is 7.82 Å². The molecular formula is C9H19O4P. The molecule has 0 aromatic carbocycles. The molecular weight excluding hydrogens is 203 g/mol. The van der Waals surface area contributed by atoms with Crippen LogP contribution in [0.4, 0.5) is 0 Å². The quantitative estimate of drug-likeness (QED) is 0.358. The van der Waals surface area contributed by atoms with Crippen molar-refractivity contribution < 1.29 is 18.1 Å². The summed E-state index contributed by atoms with van der Waals surface area (Å²) >= 11 is 0. The van der Waals surface area contributed by atoms with Gasteiger partial charge in [-0.2, -0.15) is 0 Å². The van der Waals surface area contributed by atoms with Gasteiger partial charge < -0.3 is 4.52 Å². The highest BCUT2D eigenvalue weighted by Gasteiger charge is 2.21. The van der Waals surface area contributed by atoms with E-state index in [0.29, 0.717) is 0 Å². The van der Waals surface area contributed by atoms with Gasteiger partial charge in [0.05, 0.1) is 6.26 Å². The van der Waals surface area contributed by atoms with Crippen molar-refractivity contribution in [1.29, 1.82) is 0 Å². The summed E-state index contributed by atoms with van der Waals surface area (Å²) in [5.41, 5.74) is 0. The van der Waals surface area contributed by atoms with Crippen molar-refractivity contribution in [2.45, 2.75) is 32.6 Å². The molecule has 0 amide bonds. The van der Waals surface area contributed by atoms with E-state index in [1.54, 1.807) is 0 Å². The first-order chi connectivity index (χ1) is 6.68. The summed E-state index contributed by atoms with van der Waals surface area (Å²) in [5.74, 6) is 0. The van der Waals surface area contributed by atoms with E-state index in [0.717, 1.165) is 12.8 Å². The molecule has 0 heterocycles. The van der Waals surface area contributed by atoms with Crippen LogP contribution in [0.5, 0.6) is 0 Å². The first kappa shape index (κ1) is 13.7. The number of phosphoric acid groups is 1. The minimum atomic E-state index is -3.32. The Morgan fingerprint density at radius 2 is 1.86 bits per heavy atom. The molecule has 0 aliphatic carbocycles. The molecule has 0 saturated carbocycles.